The largest absolute Gasteiger partial charge is 0.573 e. The highest BCUT2D eigenvalue weighted by Crippen LogP contribution is 2.35. The van der Waals surface area contributed by atoms with Gasteiger partial charge in [0.05, 0.1) is 0 Å². The second-order valence-electron chi connectivity index (χ2n) is 4.73. The van der Waals surface area contributed by atoms with Gasteiger partial charge in [0.2, 0.25) is 0 Å². The number of carboxylic acid groups (broad SMARTS) is 1. The molecule has 0 aromatic heterocycles. The van der Waals surface area contributed by atoms with Crippen molar-refractivity contribution < 1.29 is 40.6 Å². The summed E-state index contributed by atoms with van der Waals surface area (Å²) in [5, 5.41) is 9.01. The van der Waals surface area contributed by atoms with E-state index in [9.17, 15) is 30.8 Å². The Kier molecular flexibility index (Phi) is 4.53. The maximum absolute atomic E-state index is 13.9. The van der Waals surface area contributed by atoms with Gasteiger partial charge in [-0.2, -0.15) is 4.31 Å². The van der Waals surface area contributed by atoms with Crippen LogP contribution in [0.1, 0.15) is 12.8 Å². The average molecular weight is 357 g/mol. The van der Waals surface area contributed by atoms with E-state index >= 15 is 0 Å². The van der Waals surface area contributed by atoms with E-state index in [1.54, 1.807) is 0 Å². The van der Waals surface area contributed by atoms with Gasteiger partial charge in [-0.1, -0.05) is 6.07 Å². The van der Waals surface area contributed by atoms with Crippen LogP contribution in [0.3, 0.4) is 0 Å². The van der Waals surface area contributed by atoms with E-state index in [1.165, 1.54) is 0 Å². The monoisotopic (exact) mass is 357 g/mol. The van der Waals surface area contributed by atoms with Crippen LogP contribution in [0.15, 0.2) is 23.1 Å². The van der Waals surface area contributed by atoms with Gasteiger partial charge in [-0.25, -0.2) is 12.8 Å². The number of carboxylic acids is 1. The second kappa shape index (κ2) is 5.96. The van der Waals surface area contributed by atoms with Crippen molar-refractivity contribution in [1.82, 2.24) is 4.31 Å². The fourth-order valence-corrected chi connectivity index (χ4v) is 4.15. The van der Waals surface area contributed by atoms with Crippen LogP contribution in [0.2, 0.25) is 0 Å². The Labute approximate surface area is 128 Å². The van der Waals surface area contributed by atoms with Crippen LogP contribution in [0, 0.1) is 5.82 Å². The normalized spacial score (nSPS) is 19.7. The summed E-state index contributed by atoms with van der Waals surface area (Å²) < 4.78 is 80.0. The lowest BCUT2D eigenvalue weighted by Crippen LogP contribution is -2.41. The second-order valence-corrected chi connectivity index (χ2v) is 6.55. The first-order valence-corrected chi connectivity index (χ1v) is 7.77. The van der Waals surface area contributed by atoms with E-state index in [0.29, 0.717) is 16.4 Å². The molecule has 1 fully saturated rings. The number of hydrogen-bond donors (Lipinski definition) is 1. The van der Waals surface area contributed by atoms with Gasteiger partial charge in [0.25, 0.3) is 10.0 Å². The van der Waals surface area contributed by atoms with E-state index in [1.807, 2.05) is 0 Å². The lowest BCUT2D eigenvalue weighted by molar-refractivity contribution is -0.275. The highest BCUT2D eigenvalue weighted by Gasteiger charge is 2.43. The van der Waals surface area contributed by atoms with Gasteiger partial charge >= 0.3 is 12.3 Å². The first-order valence-electron chi connectivity index (χ1n) is 6.33. The van der Waals surface area contributed by atoms with Crippen molar-refractivity contribution in [3.63, 3.8) is 0 Å². The Hall–Kier alpha value is -1.88. The summed E-state index contributed by atoms with van der Waals surface area (Å²) in [5.41, 5.74) is 0. The third kappa shape index (κ3) is 3.55. The molecule has 1 heterocycles. The van der Waals surface area contributed by atoms with Crippen molar-refractivity contribution >= 4 is 16.0 Å². The minimum absolute atomic E-state index is 0.0154. The molecule has 1 unspecified atom stereocenters. The number of benzene rings is 1. The van der Waals surface area contributed by atoms with Crippen molar-refractivity contribution in [2.75, 3.05) is 6.54 Å². The van der Waals surface area contributed by atoms with E-state index in [4.69, 9.17) is 5.11 Å². The SMILES string of the molecule is O=C(O)C1CCCN1S(=O)(=O)c1c(F)cccc1OC(F)(F)F. The van der Waals surface area contributed by atoms with E-state index in [-0.39, 0.29) is 19.4 Å². The molecule has 1 aliphatic rings. The van der Waals surface area contributed by atoms with Gasteiger partial charge in [-0.05, 0) is 25.0 Å². The smallest absolute Gasteiger partial charge is 0.480 e. The molecule has 0 radical (unpaired) electrons. The number of sulfonamides is 1. The molecule has 1 aromatic carbocycles. The highest BCUT2D eigenvalue weighted by atomic mass is 32.2. The summed E-state index contributed by atoms with van der Waals surface area (Å²) in [6.07, 6.45) is -5.05. The van der Waals surface area contributed by atoms with Crippen LogP contribution in [-0.2, 0) is 14.8 Å². The summed E-state index contributed by atoms with van der Waals surface area (Å²) in [6.45, 7) is -0.237. The van der Waals surface area contributed by atoms with Crippen molar-refractivity contribution in [2.45, 2.75) is 30.1 Å². The predicted octanol–water partition coefficient (Wildman–Crippen LogP) is 1.96. The van der Waals surface area contributed by atoms with Crippen LogP contribution in [0.4, 0.5) is 17.6 Å². The van der Waals surface area contributed by atoms with Gasteiger partial charge < -0.3 is 9.84 Å². The van der Waals surface area contributed by atoms with Crippen LogP contribution < -0.4 is 4.74 Å². The lowest BCUT2D eigenvalue weighted by atomic mass is 10.2. The van der Waals surface area contributed by atoms with Crippen LogP contribution in [0.5, 0.6) is 5.75 Å². The molecule has 1 aromatic rings. The Morgan fingerprint density at radius 1 is 1.35 bits per heavy atom. The summed E-state index contributed by atoms with van der Waals surface area (Å²) in [4.78, 5) is 9.75. The van der Waals surface area contributed by atoms with Crippen molar-refractivity contribution in [2.24, 2.45) is 0 Å². The molecule has 1 saturated heterocycles. The van der Waals surface area contributed by atoms with E-state index < -0.39 is 44.9 Å². The lowest BCUT2D eigenvalue weighted by Gasteiger charge is -2.23. The molecule has 6 nitrogen and oxygen atoms in total. The number of halogens is 4. The maximum atomic E-state index is 13.9. The van der Waals surface area contributed by atoms with Crippen LogP contribution >= 0.6 is 0 Å². The Balaban J connectivity index is 2.54. The molecule has 0 spiro atoms. The zero-order chi connectivity index (χ0) is 17.4. The Morgan fingerprint density at radius 3 is 2.57 bits per heavy atom. The van der Waals surface area contributed by atoms with Gasteiger partial charge in [-0.3, -0.25) is 4.79 Å². The first kappa shape index (κ1) is 17.5. The number of alkyl halides is 3. The quantitative estimate of drug-likeness (QED) is 0.833. The summed E-state index contributed by atoms with van der Waals surface area (Å²) in [5.74, 6) is -4.16. The predicted molar refractivity (Wildman–Crippen MR) is 67.6 cm³/mol. The molecule has 1 aliphatic heterocycles. The molecule has 0 saturated carbocycles. The molecule has 2 rings (SSSR count). The molecule has 0 amide bonds. The third-order valence-corrected chi connectivity index (χ3v) is 5.18. The zero-order valence-corrected chi connectivity index (χ0v) is 12.2. The van der Waals surface area contributed by atoms with Gasteiger partial charge in [0.1, 0.15) is 11.9 Å². The van der Waals surface area contributed by atoms with E-state index in [0.717, 1.165) is 6.07 Å². The molecule has 128 valence electrons. The number of aliphatic carboxylic acids is 1. The number of carbonyl (C=O) groups is 1. The van der Waals surface area contributed by atoms with Crippen molar-refractivity contribution in [3.8, 4) is 5.75 Å². The van der Waals surface area contributed by atoms with E-state index in [2.05, 4.69) is 4.74 Å². The van der Waals surface area contributed by atoms with Crippen LogP contribution in [0.25, 0.3) is 0 Å². The first-order chi connectivity index (χ1) is 10.5. The summed E-state index contributed by atoms with van der Waals surface area (Å²) in [7, 11) is -4.81. The molecule has 0 bridgehead atoms. The molecule has 0 aliphatic carbocycles. The fraction of sp³-hybridized carbons (Fsp3) is 0.417. The standard InChI is InChI=1S/C12H11F4NO5S/c13-7-3-1-5-9(22-12(14,15)16)10(7)23(20,21)17-6-2-4-8(17)11(18)19/h1,3,5,8H,2,4,6H2,(H,18,19). The Bertz CT molecular complexity index is 719. The number of ether oxygens (including phenoxy) is 1. The van der Waals surface area contributed by atoms with Crippen molar-refractivity contribution in [3.05, 3.63) is 24.0 Å². The minimum atomic E-state index is -5.23. The fourth-order valence-electron chi connectivity index (χ4n) is 2.34. The topological polar surface area (TPSA) is 83.9 Å². The maximum Gasteiger partial charge on any atom is 0.573 e. The third-order valence-electron chi connectivity index (χ3n) is 3.21. The van der Waals surface area contributed by atoms with Gasteiger partial charge in [0.15, 0.2) is 10.6 Å². The van der Waals surface area contributed by atoms with Gasteiger partial charge in [-0.15, -0.1) is 13.2 Å². The van der Waals surface area contributed by atoms with Gasteiger partial charge in [0, 0.05) is 6.54 Å². The highest BCUT2D eigenvalue weighted by molar-refractivity contribution is 7.89. The molecular formula is C12H11F4NO5S. The molecule has 1 N–H and O–H groups in total. The molecule has 11 heteroatoms. The minimum Gasteiger partial charge on any atom is -0.480 e. The van der Waals surface area contributed by atoms with Crippen LogP contribution in [-0.4, -0.2) is 42.7 Å². The Morgan fingerprint density at radius 2 is 2.00 bits per heavy atom. The number of rotatable bonds is 4. The average Bonchev–Trinajstić information content (AvgIpc) is 2.86. The molecular weight excluding hydrogens is 346 g/mol. The van der Waals surface area contributed by atoms with Crippen molar-refractivity contribution in [1.29, 1.82) is 0 Å². The molecule has 23 heavy (non-hydrogen) atoms. The number of hydrogen-bond acceptors (Lipinski definition) is 4. The summed E-state index contributed by atoms with van der Waals surface area (Å²) in [6, 6.07) is 0.698. The molecule has 1 atom stereocenters. The number of nitrogens with zero attached hydrogens (tertiary/aromatic N) is 1. The zero-order valence-electron chi connectivity index (χ0n) is 11.4. The summed E-state index contributed by atoms with van der Waals surface area (Å²) >= 11 is 0.